The fourth-order valence-electron chi connectivity index (χ4n) is 2.55. The average Bonchev–Trinajstić information content (AvgIpc) is 2.43. The van der Waals surface area contributed by atoms with E-state index in [4.69, 9.17) is 5.73 Å². The number of nitrogens with zero attached hydrogens (tertiary/aromatic N) is 1. The Balaban J connectivity index is 2.33. The summed E-state index contributed by atoms with van der Waals surface area (Å²) in [5.41, 5.74) is 8.04. The molecule has 0 saturated heterocycles. The zero-order chi connectivity index (χ0) is 14.1. The third kappa shape index (κ3) is 6.11. The van der Waals surface area contributed by atoms with Gasteiger partial charge in [0.15, 0.2) is 0 Å². The molecule has 0 radical (unpaired) electrons. The van der Waals surface area contributed by atoms with Gasteiger partial charge >= 0.3 is 0 Å². The Morgan fingerprint density at radius 2 is 1.89 bits per heavy atom. The lowest BCUT2D eigenvalue weighted by Gasteiger charge is -2.25. The molecule has 0 atom stereocenters. The number of nitrogen functional groups attached to an aromatic ring is 1. The summed E-state index contributed by atoms with van der Waals surface area (Å²) < 4.78 is 0. The highest BCUT2D eigenvalue weighted by Crippen LogP contribution is 2.12. The van der Waals surface area contributed by atoms with Crippen molar-refractivity contribution >= 4 is 5.69 Å². The summed E-state index contributed by atoms with van der Waals surface area (Å²) >= 11 is 0. The molecule has 2 N–H and O–H groups in total. The van der Waals surface area contributed by atoms with Crippen molar-refractivity contribution in [2.45, 2.75) is 46.5 Å². The number of hydrogen-bond acceptors (Lipinski definition) is 2. The van der Waals surface area contributed by atoms with E-state index in [-0.39, 0.29) is 0 Å². The molecule has 0 aliphatic heterocycles. The zero-order valence-corrected chi connectivity index (χ0v) is 12.9. The maximum atomic E-state index is 5.81. The lowest BCUT2D eigenvalue weighted by atomic mass is 10.0. The van der Waals surface area contributed by atoms with Crippen molar-refractivity contribution in [3.63, 3.8) is 0 Å². The van der Waals surface area contributed by atoms with Gasteiger partial charge in [-0.15, -0.1) is 0 Å². The molecule has 0 unspecified atom stereocenters. The molecule has 1 aromatic carbocycles. The van der Waals surface area contributed by atoms with Crippen LogP contribution >= 0.6 is 0 Å². The van der Waals surface area contributed by atoms with Crippen LogP contribution in [0.2, 0.25) is 0 Å². The highest BCUT2D eigenvalue weighted by atomic mass is 15.1. The SMILES string of the molecule is CCC(CC)CN(CC)CCCc1cccc(N)c1. The normalized spacial score (nSPS) is 11.4. The van der Waals surface area contributed by atoms with E-state index in [9.17, 15) is 0 Å². The second-order valence-corrected chi connectivity index (χ2v) is 5.42. The molecule has 1 aromatic rings. The molecule has 0 aliphatic carbocycles. The fraction of sp³-hybridized carbons (Fsp3) is 0.647. The third-order valence-corrected chi connectivity index (χ3v) is 4.01. The summed E-state index contributed by atoms with van der Waals surface area (Å²) in [6.07, 6.45) is 4.94. The minimum Gasteiger partial charge on any atom is -0.399 e. The van der Waals surface area contributed by atoms with Gasteiger partial charge in [0.1, 0.15) is 0 Å². The smallest absolute Gasteiger partial charge is 0.0316 e. The van der Waals surface area contributed by atoms with Gasteiger partial charge in [0.2, 0.25) is 0 Å². The van der Waals surface area contributed by atoms with Gasteiger partial charge in [-0.05, 0) is 49.5 Å². The molecule has 2 heteroatoms. The van der Waals surface area contributed by atoms with Gasteiger partial charge in [-0.3, -0.25) is 0 Å². The van der Waals surface area contributed by atoms with Gasteiger partial charge in [0, 0.05) is 12.2 Å². The predicted octanol–water partition coefficient (Wildman–Crippen LogP) is 3.96. The zero-order valence-electron chi connectivity index (χ0n) is 12.9. The Morgan fingerprint density at radius 3 is 2.47 bits per heavy atom. The molecule has 19 heavy (non-hydrogen) atoms. The molecule has 1 rings (SSSR count). The predicted molar refractivity (Wildman–Crippen MR) is 85.4 cm³/mol. The lowest BCUT2D eigenvalue weighted by molar-refractivity contribution is 0.231. The van der Waals surface area contributed by atoms with Crippen molar-refractivity contribution in [3.8, 4) is 0 Å². The van der Waals surface area contributed by atoms with Crippen LogP contribution in [0.5, 0.6) is 0 Å². The monoisotopic (exact) mass is 262 g/mol. The molecule has 0 bridgehead atoms. The van der Waals surface area contributed by atoms with Crippen LogP contribution in [-0.2, 0) is 6.42 Å². The van der Waals surface area contributed by atoms with Crippen LogP contribution in [0.3, 0.4) is 0 Å². The Kier molecular flexibility index (Phi) is 7.57. The van der Waals surface area contributed by atoms with E-state index in [1.807, 2.05) is 12.1 Å². The molecule has 0 fully saturated rings. The number of hydrogen-bond donors (Lipinski definition) is 1. The summed E-state index contributed by atoms with van der Waals surface area (Å²) in [6, 6.07) is 8.27. The molecule has 0 aromatic heterocycles. The van der Waals surface area contributed by atoms with Gasteiger partial charge < -0.3 is 10.6 Å². The van der Waals surface area contributed by atoms with E-state index in [0.29, 0.717) is 0 Å². The van der Waals surface area contributed by atoms with E-state index < -0.39 is 0 Å². The molecule has 0 heterocycles. The third-order valence-electron chi connectivity index (χ3n) is 4.01. The first-order valence-corrected chi connectivity index (χ1v) is 7.76. The van der Waals surface area contributed by atoms with Crippen LogP contribution in [0, 0.1) is 5.92 Å². The highest BCUT2D eigenvalue weighted by molar-refractivity contribution is 5.40. The van der Waals surface area contributed by atoms with Crippen molar-refractivity contribution in [1.82, 2.24) is 4.90 Å². The van der Waals surface area contributed by atoms with Gasteiger partial charge in [0.25, 0.3) is 0 Å². The van der Waals surface area contributed by atoms with Gasteiger partial charge in [-0.1, -0.05) is 45.7 Å². The maximum Gasteiger partial charge on any atom is 0.0316 e. The molecule has 0 amide bonds. The Morgan fingerprint density at radius 1 is 1.16 bits per heavy atom. The first-order valence-electron chi connectivity index (χ1n) is 7.76. The minimum absolute atomic E-state index is 0.854. The highest BCUT2D eigenvalue weighted by Gasteiger charge is 2.09. The van der Waals surface area contributed by atoms with Crippen molar-refractivity contribution in [1.29, 1.82) is 0 Å². The molecule has 0 aliphatic rings. The van der Waals surface area contributed by atoms with E-state index in [1.165, 1.54) is 37.9 Å². The Hall–Kier alpha value is -1.02. The topological polar surface area (TPSA) is 29.3 Å². The Bertz CT molecular complexity index is 345. The van der Waals surface area contributed by atoms with Crippen molar-refractivity contribution in [3.05, 3.63) is 29.8 Å². The standard InChI is InChI=1S/C17H30N2/c1-4-15(5-2)14-19(6-3)12-8-10-16-9-7-11-17(18)13-16/h7,9,11,13,15H,4-6,8,10,12,14,18H2,1-3H3. The first kappa shape index (κ1) is 16.0. The fourth-order valence-corrected chi connectivity index (χ4v) is 2.55. The molecular formula is C17H30N2. The quantitative estimate of drug-likeness (QED) is 0.683. The van der Waals surface area contributed by atoms with E-state index in [2.05, 4.69) is 37.8 Å². The van der Waals surface area contributed by atoms with Crippen LogP contribution in [0.15, 0.2) is 24.3 Å². The molecule has 0 spiro atoms. The van der Waals surface area contributed by atoms with Crippen LogP contribution < -0.4 is 5.73 Å². The maximum absolute atomic E-state index is 5.81. The van der Waals surface area contributed by atoms with Crippen LogP contribution in [0.4, 0.5) is 5.69 Å². The van der Waals surface area contributed by atoms with Crippen LogP contribution in [0.25, 0.3) is 0 Å². The van der Waals surface area contributed by atoms with E-state index in [0.717, 1.165) is 24.6 Å². The molecular weight excluding hydrogens is 232 g/mol. The van der Waals surface area contributed by atoms with Crippen LogP contribution in [-0.4, -0.2) is 24.5 Å². The summed E-state index contributed by atoms with van der Waals surface area (Å²) in [7, 11) is 0. The first-order chi connectivity index (χ1) is 9.19. The lowest BCUT2D eigenvalue weighted by Crippen LogP contribution is -2.30. The average molecular weight is 262 g/mol. The van der Waals surface area contributed by atoms with Gasteiger partial charge in [-0.2, -0.15) is 0 Å². The molecule has 0 saturated carbocycles. The molecule has 2 nitrogen and oxygen atoms in total. The number of anilines is 1. The van der Waals surface area contributed by atoms with Crippen molar-refractivity contribution < 1.29 is 0 Å². The summed E-state index contributed by atoms with van der Waals surface area (Å²) in [5.74, 6) is 0.854. The van der Waals surface area contributed by atoms with E-state index >= 15 is 0 Å². The largest absolute Gasteiger partial charge is 0.399 e. The van der Waals surface area contributed by atoms with E-state index in [1.54, 1.807) is 0 Å². The number of rotatable bonds is 9. The Labute approximate surface area is 119 Å². The van der Waals surface area contributed by atoms with Gasteiger partial charge in [0.05, 0.1) is 0 Å². The van der Waals surface area contributed by atoms with Crippen molar-refractivity contribution in [2.75, 3.05) is 25.4 Å². The second-order valence-electron chi connectivity index (χ2n) is 5.42. The number of aryl methyl sites for hydroxylation is 1. The summed E-state index contributed by atoms with van der Waals surface area (Å²) in [5, 5.41) is 0. The number of benzene rings is 1. The number of nitrogens with two attached hydrogens (primary N) is 1. The minimum atomic E-state index is 0.854. The molecule has 108 valence electrons. The van der Waals surface area contributed by atoms with Crippen LogP contribution in [0.1, 0.15) is 45.6 Å². The van der Waals surface area contributed by atoms with Crippen molar-refractivity contribution in [2.24, 2.45) is 5.92 Å². The van der Waals surface area contributed by atoms with Gasteiger partial charge in [-0.25, -0.2) is 0 Å². The second kappa shape index (κ2) is 8.98. The summed E-state index contributed by atoms with van der Waals surface area (Å²) in [6.45, 7) is 10.5. The summed E-state index contributed by atoms with van der Waals surface area (Å²) in [4.78, 5) is 2.59.